The van der Waals surface area contributed by atoms with Crippen LogP contribution in [0.2, 0.25) is 0 Å². The van der Waals surface area contributed by atoms with Crippen LogP contribution in [0.25, 0.3) is 21.5 Å². The fourth-order valence-electron chi connectivity index (χ4n) is 4.69. The van der Waals surface area contributed by atoms with Crippen LogP contribution in [0.5, 0.6) is 0 Å². The summed E-state index contributed by atoms with van der Waals surface area (Å²) < 4.78 is 5.40. The van der Waals surface area contributed by atoms with E-state index in [1.54, 1.807) is 36.4 Å². The van der Waals surface area contributed by atoms with Crippen LogP contribution in [0.3, 0.4) is 0 Å². The van der Waals surface area contributed by atoms with Crippen molar-refractivity contribution in [2.75, 3.05) is 10.6 Å². The van der Waals surface area contributed by atoms with Gasteiger partial charge in [-0.15, -0.1) is 0 Å². The summed E-state index contributed by atoms with van der Waals surface area (Å²) in [6.07, 6.45) is 0. The van der Waals surface area contributed by atoms with Crippen LogP contribution in [-0.2, 0) is 4.74 Å². The van der Waals surface area contributed by atoms with E-state index in [1.165, 1.54) is 0 Å². The molecule has 6 aromatic rings. The first-order chi connectivity index (χ1) is 19.2. The van der Waals surface area contributed by atoms with Gasteiger partial charge < -0.3 is 15.4 Å². The number of carbonyl (C=O) groups excluding carboxylic acids is 2. The molecule has 0 aromatic heterocycles. The Hall–Kier alpha value is -5.42. The molecule has 0 saturated carbocycles. The summed E-state index contributed by atoms with van der Waals surface area (Å²) in [6, 6.07) is 41.9. The van der Waals surface area contributed by atoms with Crippen molar-refractivity contribution in [3.63, 3.8) is 0 Å². The van der Waals surface area contributed by atoms with Gasteiger partial charge in [-0.1, -0.05) is 97.1 Å². The molecule has 0 amide bonds. The van der Waals surface area contributed by atoms with E-state index in [1.807, 2.05) is 97.1 Å². The largest absolute Gasteiger partial charge is 0.386 e. The lowest BCUT2D eigenvalue weighted by atomic mass is 10.1. The highest BCUT2D eigenvalue weighted by atomic mass is 16.6. The second-order valence-electron chi connectivity index (χ2n) is 9.07. The minimum atomic E-state index is -0.733. The molecule has 0 fully saturated rings. The molecular weight excluding hydrogens is 484 g/mol. The SMILES string of the molecule is O=C(OC(=O)c1ccccc1Nc1cccc2ccccc12)c1ccccc1Nc1cccc2ccccc12. The van der Waals surface area contributed by atoms with Gasteiger partial charge in [0, 0.05) is 22.1 Å². The first kappa shape index (κ1) is 23.9. The van der Waals surface area contributed by atoms with Crippen molar-refractivity contribution in [2.24, 2.45) is 0 Å². The quantitative estimate of drug-likeness (QED) is 0.174. The number of esters is 2. The number of carbonyl (C=O) groups is 2. The minimum absolute atomic E-state index is 0.262. The van der Waals surface area contributed by atoms with Gasteiger partial charge in [0.1, 0.15) is 0 Å². The normalized spacial score (nSPS) is 10.8. The highest BCUT2D eigenvalue weighted by molar-refractivity contribution is 6.08. The van der Waals surface area contributed by atoms with E-state index >= 15 is 0 Å². The summed E-state index contributed by atoms with van der Waals surface area (Å²) in [5.41, 5.74) is 3.33. The lowest BCUT2D eigenvalue weighted by Crippen LogP contribution is -2.15. The molecular formula is C34H24N2O3. The molecule has 0 radical (unpaired) electrons. The lowest BCUT2D eigenvalue weighted by molar-refractivity contribution is 0.0399. The van der Waals surface area contributed by atoms with Gasteiger partial charge in [-0.05, 0) is 47.2 Å². The van der Waals surface area contributed by atoms with Crippen LogP contribution >= 0.6 is 0 Å². The van der Waals surface area contributed by atoms with Crippen LogP contribution in [0.1, 0.15) is 20.7 Å². The first-order valence-corrected chi connectivity index (χ1v) is 12.6. The molecule has 0 aliphatic carbocycles. The van der Waals surface area contributed by atoms with Gasteiger partial charge in [0.2, 0.25) is 0 Å². The van der Waals surface area contributed by atoms with E-state index < -0.39 is 11.9 Å². The van der Waals surface area contributed by atoms with Crippen molar-refractivity contribution in [1.82, 2.24) is 0 Å². The molecule has 188 valence electrons. The summed E-state index contributed by atoms with van der Waals surface area (Å²) in [5, 5.41) is 10.9. The Labute approximate surface area is 225 Å². The molecule has 0 saturated heterocycles. The standard InChI is InChI=1S/C34H24N2O3/c37-33(27-17-5-7-19-31(27)35-29-21-9-13-23-11-1-3-15-25(23)29)39-34(38)28-18-6-8-20-32(28)36-30-22-10-14-24-12-2-4-16-26(24)30/h1-22,35-36H. The predicted octanol–water partition coefficient (Wildman–Crippen LogP) is 8.48. The Bertz CT molecular complexity index is 1700. The lowest BCUT2D eigenvalue weighted by Gasteiger charge is -2.15. The molecule has 5 nitrogen and oxygen atoms in total. The van der Waals surface area contributed by atoms with Crippen LogP contribution in [0, 0.1) is 0 Å². The number of nitrogens with one attached hydrogen (secondary N) is 2. The summed E-state index contributed by atoms with van der Waals surface area (Å²) in [7, 11) is 0. The Morgan fingerprint density at radius 2 is 0.769 bits per heavy atom. The Kier molecular flexibility index (Phi) is 6.46. The van der Waals surface area contributed by atoms with Crippen molar-refractivity contribution in [1.29, 1.82) is 0 Å². The van der Waals surface area contributed by atoms with Gasteiger partial charge in [0.15, 0.2) is 0 Å². The number of fused-ring (bicyclic) bond motifs is 2. The molecule has 2 N–H and O–H groups in total. The van der Waals surface area contributed by atoms with Gasteiger partial charge in [0.05, 0.1) is 22.5 Å². The third-order valence-electron chi connectivity index (χ3n) is 6.60. The van der Waals surface area contributed by atoms with Crippen LogP contribution in [0.4, 0.5) is 22.7 Å². The third-order valence-corrected chi connectivity index (χ3v) is 6.60. The van der Waals surface area contributed by atoms with Gasteiger partial charge in [-0.3, -0.25) is 0 Å². The van der Waals surface area contributed by atoms with E-state index in [2.05, 4.69) is 10.6 Å². The van der Waals surface area contributed by atoms with Crippen LogP contribution < -0.4 is 10.6 Å². The Morgan fingerprint density at radius 3 is 1.26 bits per heavy atom. The molecule has 0 spiro atoms. The zero-order chi connectivity index (χ0) is 26.6. The van der Waals surface area contributed by atoms with Crippen molar-refractivity contribution in [3.8, 4) is 0 Å². The molecule has 6 aromatic carbocycles. The fraction of sp³-hybridized carbons (Fsp3) is 0. The second-order valence-corrected chi connectivity index (χ2v) is 9.07. The zero-order valence-corrected chi connectivity index (χ0v) is 20.9. The maximum atomic E-state index is 13.2. The molecule has 39 heavy (non-hydrogen) atoms. The molecule has 0 aliphatic heterocycles. The second kappa shape index (κ2) is 10.5. The third kappa shape index (κ3) is 4.93. The van der Waals surface area contributed by atoms with E-state index in [9.17, 15) is 9.59 Å². The predicted molar refractivity (Wildman–Crippen MR) is 157 cm³/mol. The van der Waals surface area contributed by atoms with Crippen molar-refractivity contribution in [2.45, 2.75) is 0 Å². The molecule has 0 bridgehead atoms. The molecule has 0 unspecified atom stereocenters. The number of para-hydroxylation sites is 2. The fourth-order valence-corrected chi connectivity index (χ4v) is 4.69. The summed E-state index contributed by atoms with van der Waals surface area (Å²) in [5.74, 6) is -1.47. The maximum absolute atomic E-state index is 13.2. The first-order valence-electron chi connectivity index (χ1n) is 12.6. The highest BCUT2D eigenvalue weighted by Crippen LogP contribution is 2.30. The summed E-state index contributed by atoms with van der Waals surface area (Å²) in [6.45, 7) is 0. The monoisotopic (exact) mass is 508 g/mol. The van der Waals surface area contributed by atoms with Crippen LogP contribution in [-0.4, -0.2) is 11.9 Å². The van der Waals surface area contributed by atoms with Crippen molar-refractivity contribution in [3.05, 3.63) is 145 Å². The Balaban J connectivity index is 1.26. The maximum Gasteiger partial charge on any atom is 0.348 e. The molecule has 0 heterocycles. The van der Waals surface area contributed by atoms with Crippen molar-refractivity contribution < 1.29 is 14.3 Å². The minimum Gasteiger partial charge on any atom is -0.386 e. The smallest absolute Gasteiger partial charge is 0.348 e. The molecule has 6 rings (SSSR count). The number of hydrogen-bond acceptors (Lipinski definition) is 5. The van der Waals surface area contributed by atoms with Gasteiger partial charge in [0.25, 0.3) is 0 Å². The molecule has 0 atom stereocenters. The topological polar surface area (TPSA) is 67.4 Å². The number of ether oxygens (including phenoxy) is 1. The number of benzene rings is 6. The van der Waals surface area contributed by atoms with E-state index in [-0.39, 0.29) is 11.1 Å². The molecule has 0 aliphatic rings. The molecule has 5 heteroatoms. The van der Waals surface area contributed by atoms with Gasteiger partial charge >= 0.3 is 11.9 Å². The number of anilines is 4. The highest BCUT2D eigenvalue weighted by Gasteiger charge is 2.21. The van der Waals surface area contributed by atoms with E-state index in [4.69, 9.17) is 4.74 Å². The average molecular weight is 509 g/mol. The van der Waals surface area contributed by atoms with Gasteiger partial charge in [-0.2, -0.15) is 0 Å². The van der Waals surface area contributed by atoms with Crippen LogP contribution in [0.15, 0.2) is 133 Å². The average Bonchev–Trinajstić information content (AvgIpc) is 2.98. The zero-order valence-electron chi connectivity index (χ0n) is 20.9. The van der Waals surface area contributed by atoms with Crippen molar-refractivity contribution >= 4 is 56.2 Å². The van der Waals surface area contributed by atoms with E-state index in [0.29, 0.717) is 11.4 Å². The number of hydrogen-bond donors (Lipinski definition) is 2. The summed E-state index contributed by atoms with van der Waals surface area (Å²) >= 11 is 0. The number of rotatable bonds is 6. The van der Waals surface area contributed by atoms with Gasteiger partial charge in [-0.25, -0.2) is 9.59 Å². The Morgan fingerprint density at radius 1 is 0.410 bits per heavy atom. The summed E-state index contributed by atoms with van der Waals surface area (Å²) in [4.78, 5) is 26.5. The van der Waals surface area contributed by atoms with E-state index in [0.717, 1.165) is 32.9 Å².